The van der Waals surface area contributed by atoms with Crippen molar-refractivity contribution in [2.45, 2.75) is 6.92 Å². The second-order valence-electron chi connectivity index (χ2n) is 4.14. The number of carbonyl (C=O) groups excluding carboxylic acids is 1. The molecule has 5 heteroatoms. The van der Waals surface area contributed by atoms with Crippen LogP contribution in [-0.2, 0) is 0 Å². The molecule has 19 heavy (non-hydrogen) atoms. The summed E-state index contributed by atoms with van der Waals surface area (Å²) < 4.78 is 26.1. The number of anilines is 3. The van der Waals surface area contributed by atoms with Crippen molar-refractivity contribution in [3.8, 4) is 0 Å². The Morgan fingerprint density at radius 2 is 1.68 bits per heavy atom. The summed E-state index contributed by atoms with van der Waals surface area (Å²) in [5.74, 6) is -1.53. The minimum atomic E-state index is -0.676. The number of carbonyl (C=O) groups is 1. The molecule has 2 aromatic carbocycles. The fourth-order valence-electron chi connectivity index (χ4n) is 1.73. The second-order valence-corrected chi connectivity index (χ2v) is 4.14. The maximum atomic E-state index is 13.0. The number of nitrogens with one attached hydrogen (secondary N) is 1. The summed E-state index contributed by atoms with van der Waals surface area (Å²) in [6.07, 6.45) is 0. The minimum Gasteiger partial charge on any atom is -0.398 e. The van der Waals surface area contributed by atoms with E-state index < -0.39 is 11.6 Å². The van der Waals surface area contributed by atoms with Crippen LogP contribution in [0.25, 0.3) is 0 Å². The van der Waals surface area contributed by atoms with E-state index in [-0.39, 0.29) is 11.5 Å². The molecule has 0 bridgehead atoms. The third-order valence-corrected chi connectivity index (χ3v) is 2.58. The van der Waals surface area contributed by atoms with Crippen molar-refractivity contribution >= 4 is 22.8 Å². The molecule has 98 valence electrons. The number of halogens is 2. The topological polar surface area (TPSA) is 55.1 Å². The van der Waals surface area contributed by atoms with Gasteiger partial charge < -0.3 is 11.1 Å². The molecular formula is C14H12F2N2O. The van der Waals surface area contributed by atoms with E-state index in [0.29, 0.717) is 16.9 Å². The summed E-state index contributed by atoms with van der Waals surface area (Å²) in [4.78, 5) is 11.4. The van der Waals surface area contributed by atoms with Crippen LogP contribution in [0.4, 0.5) is 25.8 Å². The fourth-order valence-corrected chi connectivity index (χ4v) is 1.73. The minimum absolute atomic E-state index is 0.174. The maximum absolute atomic E-state index is 13.0. The number of hydrogen-bond acceptors (Lipinski definition) is 3. The Hall–Kier alpha value is -2.43. The summed E-state index contributed by atoms with van der Waals surface area (Å²) >= 11 is 0. The van der Waals surface area contributed by atoms with E-state index in [4.69, 9.17) is 5.73 Å². The lowest BCUT2D eigenvalue weighted by atomic mass is 10.1. The van der Waals surface area contributed by atoms with Gasteiger partial charge in [0.25, 0.3) is 0 Å². The molecule has 0 heterocycles. The lowest BCUT2D eigenvalue weighted by Crippen LogP contribution is -2.01. The first-order chi connectivity index (χ1) is 8.95. The molecule has 2 rings (SSSR count). The second kappa shape index (κ2) is 5.06. The predicted molar refractivity (Wildman–Crippen MR) is 70.5 cm³/mol. The summed E-state index contributed by atoms with van der Waals surface area (Å²) in [6, 6.07) is 7.84. The molecule has 0 unspecified atom stereocenters. The maximum Gasteiger partial charge on any atom is 0.161 e. The normalized spacial score (nSPS) is 10.3. The highest BCUT2D eigenvalue weighted by Gasteiger charge is 2.07. The van der Waals surface area contributed by atoms with Crippen molar-refractivity contribution in [1.82, 2.24) is 0 Å². The quantitative estimate of drug-likeness (QED) is 0.657. The Kier molecular flexibility index (Phi) is 3.46. The number of Topliss-reactive ketones (excluding diaryl/α,β-unsaturated/α-hetero) is 1. The van der Waals surface area contributed by atoms with Crippen LogP contribution < -0.4 is 11.1 Å². The molecule has 3 nitrogen and oxygen atoms in total. The van der Waals surface area contributed by atoms with E-state index in [9.17, 15) is 13.6 Å². The van der Waals surface area contributed by atoms with Gasteiger partial charge in [0.05, 0.1) is 0 Å². The van der Waals surface area contributed by atoms with Gasteiger partial charge in [-0.25, -0.2) is 8.78 Å². The van der Waals surface area contributed by atoms with Crippen LogP contribution in [0.5, 0.6) is 0 Å². The van der Waals surface area contributed by atoms with Crippen LogP contribution in [0.15, 0.2) is 36.4 Å². The highest BCUT2D eigenvalue weighted by molar-refractivity contribution is 6.00. The zero-order valence-electron chi connectivity index (χ0n) is 10.2. The molecule has 0 amide bonds. The van der Waals surface area contributed by atoms with E-state index >= 15 is 0 Å². The first-order valence-corrected chi connectivity index (χ1v) is 5.59. The van der Waals surface area contributed by atoms with Crippen molar-refractivity contribution in [3.05, 3.63) is 53.6 Å². The average Bonchev–Trinajstić information content (AvgIpc) is 2.30. The molecule has 2 aromatic rings. The lowest BCUT2D eigenvalue weighted by Gasteiger charge is -2.09. The van der Waals surface area contributed by atoms with Gasteiger partial charge in [-0.3, -0.25) is 4.79 Å². The van der Waals surface area contributed by atoms with Crippen molar-refractivity contribution < 1.29 is 13.6 Å². The van der Waals surface area contributed by atoms with Gasteiger partial charge in [0.2, 0.25) is 0 Å². The van der Waals surface area contributed by atoms with E-state index in [1.165, 1.54) is 6.92 Å². The van der Waals surface area contributed by atoms with E-state index in [2.05, 4.69) is 5.32 Å². The molecule has 0 aromatic heterocycles. The Labute approximate surface area is 109 Å². The third kappa shape index (κ3) is 3.07. The number of hydrogen-bond donors (Lipinski definition) is 2. The first-order valence-electron chi connectivity index (χ1n) is 5.59. The summed E-state index contributed by atoms with van der Waals surface area (Å²) in [7, 11) is 0. The van der Waals surface area contributed by atoms with Gasteiger partial charge in [0.1, 0.15) is 11.6 Å². The first kappa shape index (κ1) is 13.0. The molecule has 3 N–H and O–H groups in total. The standard InChI is InChI=1S/C14H12F2N2O/c1-8(19)13-7-11(2-3-14(13)17)18-12-5-9(15)4-10(16)6-12/h2-7,18H,17H2,1H3. The molecular weight excluding hydrogens is 250 g/mol. The van der Waals surface area contributed by atoms with Crippen LogP contribution in [0.3, 0.4) is 0 Å². The van der Waals surface area contributed by atoms with Gasteiger partial charge in [0.15, 0.2) is 5.78 Å². The van der Waals surface area contributed by atoms with Gasteiger partial charge >= 0.3 is 0 Å². The number of ketones is 1. The molecule has 0 radical (unpaired) electrons. The number of benzene rings is 2. The Morgan fingerprint density at radius 3 is 2.26 bits per heavy atom. The lowest BCUT2D eigenvalue weighted by molar-refractivity contribution is 0.101. The van der Waals surface area contributed by atoms with Crippen LogP contribution in [0.2, 0.25) is 0 Å². The van der Waals surface area contributed by atoms with Crippen LogP contribution in [-0.4, -0.2) is 5.78 Å². The molecule has 0 aliphatic rings. The van der Waals surface area contributed by atoms with Crippen molar-refractivity contribution in [2.75, 3.05) is 11.1 Å². The zero-order valence-corrected chi connectivity index (χ0v) is 10.2. The van der Waals surface area contributed by atoms with Crippen molar-refractivity contribution in [1.29, 1.82) is 0 Å². The number of nitrogen functional groups attached to an aromatic ring is 1. The Bertz CT molecular complexity index is 621. The predicted octanol–water partition coefficient (Wildman–Crippen LogP) is 3.49. The molecule has 0 aliphatic carbocycles. The number of nitrogens with two attached hydrogens (primary N) is 1. The Morgan fingerprint density at radius 1 is 1.05 bits per heavy atom. The highest BCUT2D eigenvalue weighted by atomic mass is 19.1. The fraction of sp³-hybridized carbons (Fsp3) is 0.0714. The van der Waals surface area contributed by atoms with Crippen molar-refractivity contribution in [3.63, 3.8) is 0 Å². The van der Waals surface area contributed by atoms with Gasteiger partial charge in [-0.05, 0) is 37.3 Å². The highest BCUT2D eigenvalue weighted by Crippen LogP contribution is 2.23. The summed E-state index contributed by atoms with van der Waals surface area (Å²) in [5, 5.41) is 2.82. The third-order valence-electron chi connectivity index (χ3n) is 2.58. The monoisotopic (exact) mass is 262 g/mol. The molecule has 0 saturated heterocycles. The zero-order chi connectivity index (χ0) is 14.0. The average molecular weight is 262 g/mol. The van der Waals surface area contributed by atoms with E-state index in [1.54, 1.807) is 18.2 Å². The molecule has 0 spiro atoms. The number of rotatable bonds is 3. The molecule has 0 atom stereocenters. The largest absolute Gasteiger partial charge is 0.398 e. The van der Waals surface area contributed by atoms with Crippen LogP contribution >= 0.6 is 0 Å². The van der Waals surface area contributed by atoms with Crippen LogP contribution in [0, 0.1) is 11.6 Å². The van der Waals surface area contributed by atoms with Gasteiger partial charge in [0, 0.05) is 28.7 Å². The van der Waals surface area contributed by atoms with Crippen LogP contribution in [0.1, 0.15) is 17.3 Å². The smallest absolute Gasteiger partial charge is 0.161 e. The molecule has 0 saturated carbocycles. The molecule has 0 fully saturated rings. The van der Waals surface area contributed by atoms with Crippen molar-refractivity contribution in [2.24, 2.45) is 0 Å². The Balaban J connectivity index is 2.33. The summed E-state index contributed by atoms with van der Waals surface area (Å²) in [6.45, 7) is 1.40. The van der Waals surface area contributed by atoms with Gasteiger partial charge in [-0.15, -0.1) is 0 Å². The summed E-state index contributed by atoms with van der Waals surface area (Å²) in [5.41, 5.74) is 7.18. The van der Waals surface area contributed by atoms with Gasteiger partial charge in [-0.2, -0.15) is 0 Å². The SMILES string of the molecule is CC(=O)c1cc(Nc2cc(F)cc(F)c2)ccc1N. The molecule has 0 aliphatic heterocycles. The van der Waals surface area contributed by atoms with Gasteiger partial charge in [-0.1, -0.05) is 0 Å². The van der Waals surface area contributed by atoms with E-state index in [1.807, 2.05) is 0 Å². The van der Waals surface area contributed by atoms with E-state index in [0.717, 1.165) is 18.2 Å².